The maximum atomic E-state index is 13.5. The van der Waals surface area contributed by atoms with Gasteiger partial charge in [0.15, 0.2) is 21.4 Å². The van der Waals surface area contributed by atoms with Gasteiger partial charge in [-0.1, -0.05) is 51.1 Å². The van der Waals surface area contributed by atoms with Gasteiger partial charge in [-0.3, -0.25) is 14.7 Å². The molecule has 0 bridgehead atoms. The van der Waals surface area contributed by atoms with Crippen molar-refractivity contribution in [2.24, 2.45) is 0 Å². The fourth-order valence-electron chi connectivity index (χ4n) is 6.81. The molecular weight excluding hydrogens is 745 g/mol. The SMILES string of the molecule is COc1cc(Cc2cc(Oc3ccc(NC(=O)Nc4cc(C(C)(C)C)cc(S(C)(=O)=O)c4OC)c4ccccc34)ccn2)ccc1C(=O)CCCN1CCOCC1. The van der Waals surface area contributed by atoms with Crippen LogP contribution >= 0.6 is 0 Å². The van der Waals surface area contributed by atoms with Crippen LogP contribution in [-0.2, 0) is 26.4 Å². The molecule has 1 aliphatic heterocycles. The smallest absolute Gasteiger partial charge is 0.323 e. The number of amides is 2. The third kappa shape index (κ3) is 10.3. The van der Waals surface area contributed by atoms with Crippen LogP contribution < -0.4 is 24.8 Å². The van der Waals surface area contributed by atoms with Gasteiger partial charge in [-0.25, -0.2) is 13.2 Å². The number of hydrogen-bond acceptors (Lipinski definition) is 10. The molecule has 1 saturated heterocycles. The number of hydrogen-bond donors (Lipinski definition) is 2. The molecule has 300 valence electrons. The minimum atomic E-state index is -3.67. The van der Waals surface area contributed by atoms with Crippen LogP contribution in [0.2, 0.25) is 0 Å². The Morgan fingerprint density at radius 3 is 2.30 bits per heavy atom. The number of sulfone groups is 1. The van der Waals surface area contributed by atoms with Gasteiger partial charge in [0.1, 0.15) is 22.1 Å². The van der Waals surface area contributed by atoms with Crippen molar-refractivity contribution in [2.75, 3.05) is 64.0 Å². The Labute approximate surface area is 334 Å². The number of methoxy groups -OCH3 is 2. The van der Waals surface area contributed by atoms with E-state index in [1.54, 1.807) is 43.6 Å². The summed E-state index contributed by atoms with van der Waals surface area (Å²) in [6, 6.07) is 23.1. The molecule has 1 fully saturated rings. The molecule has 2 amide bonds. The number of Topliss-reactive ketones (excluding diaryl/α,β-unsaturated/α-hetero) is 1. The van der Waals surface area contributed by atoms with E-state index in [9.17, 15) is 18.0 Å². The minimum Gasteiger partial charge on any atom is -0.496 e. The van der Waals surface area contributed by atoms with Gasteiger partial charge >= 0.3 is 6.03 Å². The first-order chi connectivity index (χ1) is 27.2. The van der Waals surface area contributed by atoms with Crippen LogP contribution in [-0.4, -0.2) is 83.4 Å². The van der Waals surface area contributed by atoms with Gasteiger partial charge in [0.25, 0.3) is 0 Å². The number of ketones is 1. The van der Waals surface area contributed by atoms with Crippen molar-refractivity contribution in [3.63, 3.8) is 0 Å². The maximum absolute atomic E-state index is 13.5. The van der Waals surface area contributed by atoms with E-state index in [1.807, 2.05) is 69.3 Å². The number of benzene rings is 4. The van der Waals surface area contributed by atoms with Gasteiger partial charge in [-0.2, -0.15) is 0 Å². The molecule has 5 aromatic rings. The van der Waals surface area contributed by atoms with E-state index in [1.165, 1.54) is 7.11 Å². The van der Waals surface area contributed by atoms with Gasteiger partial charge in [-0.05, 0) is 72.0 Å². The van der Waals surface area contributed by atoms with E-state index >= 15 is 0 Å². The lowest BCUT2D eigenvalue weighted by Gasteiger charge is -2.26. The first-order valence-corrected chi connectivity index (χ1v) is 20.8. The zero-order chi connectivity index (χ0) is 40.7. The fourth-order valence-corrected chi connectivity index (χ4v) is 7.68. The van der Waals surface area contributed by atoms with Crippen molar-refractivity contribution < 1.29 is 37.0 Å². The van der Waals surface area contributed by atoms with Crippen molar-refractivity contribution >= 4 is 43.8 Å². The summed E-state index contributed by atoms with van der Waals surface area (Å²) in [6.45, 7) is 10.0. The molecule has 12 nitrogen and oxygen atoms in total. The highest BCUT2D eigenvalue weighted by atomic mass is 32.2. The molecule has 2 heterocycles. The Kier molecular flexibility index (Phi) is 12.8. The number of carbonyl (C=O) groups excluding carboxylic acids is 2. The first kappa shape index (κ1) is 41.1. The van der Waals surface area contributed by atoms with Gasteiger partial charge in [0, 0.05) is 60.9 Å². The van der Waals surface area contributed by atoms with Crippen LogP contribution in [0.5, 0.6) is 23.0 Å². The summed E-state index contributed by atoms with van der Waals surface area (Å²) in [4.78, 5) is 33.5. The normalized spacial score (nSPS) is 13.6. The second kappa shape index (κ2) is 17.7. The number of morpholine rings is 1. The molecule has 0 unspecified atom stereocenters. The van der Waals surface area contributed by atoms with E-state index in [2.05, 4.69) is 20.5 Å². The number of nitrogens with one attached hydrogen (secondary N) is 2. The number of nitrogens with zero attached hydrogens (tertiary/aromatic N) is 2. The summed E-state index contributed by atoms with van der Waals surface area (Å²) in [7, 11) is -0.724. The number of ether oxygens (including phenoxy) is 4. The predicted octanol–water partition coefficient (Wildman–Crippen LogP) is 8.28. The average Bonchev–Trinajstić information content (AvgIpc) is 3.18. The Bertz CT molecular complexity index is 2370. The van der Waals surface area contributed by atoms with E-state index in [-0.39, 0.29) is 22.1 Å². The topological polar surface area (TPSA) is 145 Å². The van der Waals surface area contributed by atoms with Crippen molar-refractivity contribution in [2.45, 2.75) is 50.3 Å². The maximum Gasteiger partial charge on any atom is 0.323 e. The van der Waals surface area contributed by atoms with Crippen molar-refractivity contribution in [3.8, 4) is 23.0 Å². The zero-order valence-corrected chi connectivity index (χ0v) is 34.1. The van der Waals surface area contributed by atoms with E-state index < -0.39 is 21.3 Å². The number of urea groups is 1. The van der Waals surface area contributed by atoms with E-state index in [0.29, 0.717) is 41.3 Å². The van der Waals surface area contributed by atoms with Crippen LogP contribution in [0.1, 0.15) is 60.8 Å². The number of pyridine rings is 1. The van der Waals surface area contributed by atoms with E-state index in [0.717, 1.165) is 73.1 Å². The largest absolute Gasteiger partial charge is 0.496 e. The summed E-state index contributed by atoms with van der Waals surface area (Å²) in [5.74, 6) is 1.81. The Morgan fingerprint density at radius 2 is 1.60 bits per heavy atom. The zero-order valence-electron chi connectivity index (χ0n) is 33.3. The third-order valence-electron chi connectivity index (χ3n) is 9.85. The molecule has 6 rings (SSSR count). The van der Waals surface area contributed by atoms with Crippen LogP contribution in [0.4, 0.5) is 16.2 Å². The lowest BCUT2D eigenvalue weighted by Crippen LogP contribution is -2.36. The summed E-state index contributed by atoms with van der Waals surface area (Å²) in [5.41, 5.74) is 3.36. The summed E-state index contributed by atoms with van der Waals surface area (Å²) < 4.78 is 48.4. The monoisotopic (exact) mass is 794 g/mol. The Hall–Kier alpha value is -5.50. The molecular formula is C44H50N4O8S. The van der Waals surface area contributed by atoms with Gasteiger partial charge < -0.3 is 29.6 Å². The number of rotatable bonds is 14. The first-order valence-electron chi connectivity index (χ1n) is 18.9. The highest BCUT2D eigenvalue weighted by Gasteiger charge is 2.25. The number of fused-ring (bicyclic) bond motifs is 1. The predicted molar refractivity (Wildman–Crippen MR) is 222 cm³/mol. The number of carbonyl (C=O) groups is 2. The molecule has 0 spiro atoms. The molecule has 1 aliphatic rings. The van der Waals surface area contributed by atoms with Crippen LogP contribution in [0.15, 0.2) is 90.0 Å². The van der Waals surface area contributed by atoms with E-state index in [4.69, 9.17) is 18.9 Å². The average molecular weight is 795 g/mol. The lowest BCUT2D eigenvalue weighted by atomic mass is 9.86. The van der Waals surface area contributed by atoms with Crippen molar-refractivity contribution in [1.29, 1.82) is 0 Å². The molecule has 4 aromatic carbocycles. The summed E-state index contributed by atoms with van der Waals surface area (Å²) in [6.07, 6.45) is 4.52. The second-order valence-electron chi connectivity index (χ2n) is 15.1. The van der Waals surface area contributed by atoms with Crippen LogP contribution in [0.25, 0.3) is 10.8 Å². The van der Waals surface area contributed by atoms with Gasteiger partial charge in [0.05, 0.1) is 44.4 Å². The molecule has 0 radical (unpaired) electrons. The second-order valence-corrected chi connectivity index (χ2v) is 17.1. The summed E-state index contributed by atoms with van der Waals surface area (Å²) >= 11 is 0. The molecule has 2 N–H and O–H groups in total. The number of aromatic nitrogens is 1. The molecule has 0 aliphatic carbocycles. The lowest BCUT2D eigenvalue weighted by molar-refractivity contribution is 0.0371. The third-order valence-corrected chi connectivity index (χ3v) is 11.0. The van der Waals surface area contributed by atoms with Gasteiger partial charge in [-0.15, -0.1) is 0 Å². The standard InChI is InChI=1S/C44H50N4O8S/c1-44(2,3)30-26-37(42(54-5)41(27-30)57(6,51)52)47-43(50)46-36-15-16-39(34-11-8-7-10-33(34)36)56-32-17-18-45-31(28-32)24-29-13-14-35(40(25-29)53-4)38(49)12-9-19-48-20-22-55-23-21-48/h7-8,10-11,13-18,25-28H,9,12,19-24H2,1-6H3,(H2,46,47,50). The molecule has 0 atom stereocenters. The highest BCUT2D eigenvalue weighted by Crippen LogP contribution is 2.39. The van der Waals surface area contributed by atoms with Gasteiger partial charge in [0.2, 0.25) is 0 Å². The molecule has 13 heteroatoms. The minimum absolute atomic E-state index is 0.00531. The Morgan fingerprint density at radius 1 is 0.860 bits per heavy atom. The molecule has 1 aromatic heterocycles. The molecule has 57 heavy (non-hydrogen) atoms. The highest BCUT2D eigenvalue weighted by molar-refractivity contribution is 7.90. The van der Waals surface area contributed by atoms with Crippen LogP contribution in [0.3, 0.4) is 0 Å². The fraction of sp³-hybridized carbons (Fsp3) is 0.341. The molecule has 0 saturated carbocycles. The summed E-state index contributed by atoms with van der Waals surface area (Å²) in [5, 5.41) is 7.21. The van der Waals surface area contributed by atoms with Crippen LogP contribution in [0, 0.1) is 0 Å². The van der Waals surface area contributed by atoms with Crippen molar-refractivity contribution in [1.82, 2.24) is 9.88 Å². The quantitative estimate of drug-likeness (QED) is 0.105. The Balaban J connectivity index is 1.15. The number of anilines is 2. The van der Waals surface area contributed by atoms with Crippen molar-refractivity contribution in [3.05, 3.63) is 107 Å².